The molecule has 0 atom stereocenters. The zero-order chi connectivity index (χ0) is 15.4. The summed E-state index contributed by atoms with van der Waals surface area (Å²) in [5, 5.41) is 6.35. The van der Waals surface area contributed by atoms with Gasteiger partial charge in [0.1, 0.15) is 0 Å². The van der Waals surface area contributed by atoms with Crippen molar-refractivity contribution < 1.29 is 4.79 Å². The molecule has 0 aliphatic rings. The first-order chi connectivity index (χ1) is 10.8. The van der Waals surface area contributed by atoms with E-state index in [0.29, 0.717) is 5.56 Å². The van der Waals surface area contributed by atoms with Gasteiger partial charge in [-0.05, 0) is 35.4 Å². The first-order valence-corrected chi connectivity index (χ1v) is 6.97. The van der Waals surface area contributed by atoms with Crippen LogP contribution >= 0.6 is 0 Å². The zero-order valence-corrected chi connectivity index (χ0v) is 12.2. The third kappa shape index (κ3) is 2.86. The van der Waals surface area contributed by atoms with Gasteiger partial charge < -0.3 is 0 Å². The summed E-state index contributed by atoms with van der Waals surface area (Å²) in [4.78, 5) is 15.8. The van der Waals surface area contributed by atoms with E-state index in [0.717, 1.165) is 21.9 Å². The number of hydrogen-bond donors (Lipinski definition) is 1. The predicted molar refractivity (Wildman–Crippen MR) is 88.0 cm³/mol. The van der Waals surface area contributed by atoms with Gasteiger partial charge in [-0.1, -0.05) is 36.4 Å². The topological polar surface area (TPSA) is 54.4 Å². The Hall–Kier alpha value is -3.01. The molecular weight excluding hydrogens is 274 g/mol. The first kappa shape index (κ1) is 13.9. The van der Waals surface area contributed by atoms with Gasteiger partial charge in [-0.15, -0.1) is 0 Å². The van der Waals surface area contributed by atoms with Crippen molar-refractivity contribution in [3.8, 4) is 0 Å². The van der Waals surface area contributed by atoms with Crippen LogP contribution in [0.5, 0.6) is 0 Å². The Morgan fingerprint density at radius 1 is 1.09 bits per heavy atom. The average molecular weight is 289 g/mol. The Bertz CT molecular complexity index is 841. The first-order valence-electron chi connectivity index (χ1n) is 6.97. The fourth-order valence-corrected chi connectivity index (χ4v) is 2.30. The monoisotopic (exact) mass is 289 g/mol. The second-order valence-electron chi connectivity index (χ2n) is 4.95. The van der Waals surface area contributed by atoms with Crippen LogP contribution in [0.15, 0.2) is 66.0 Å². The van der Waals surface area contributed by atoms with E-state index in [2.05, 4.69) is 27.6 Å². The van der Waals surface area contributed by atoms with Crippen LogP contribution in [0, 0.1) is 6.92 Å². The van der Waals surface area contributed by atoms with Crippen LogP contribution in [0.3, 0.4) is 0 Å². The molecule has 4 nitrogen and oxygen atoms in total. The number of amides is 1. The molecule has 3 aromatic rings. The van der Waals surface area contributed by atoms with E-state index in [1.54, 1.807) is 30.7 Å². The predicted octanol–water partition coefficient (Wildman–Crippen LogP) is 3.31. The van der Waals surface area contributed by atoms with Crippen molar-refractivity contribution in [1.29, 1.82) is 0 Å². The molecular formula is C18H15N3O. The molecule has 1 amide bonds. The van der Waals surface area contributed by atoms with Crippen molar-refractivity contribution >= 4 is 22.9 Å². The third-order valence-corrected chi connectivity index (χ3v) is 3.49. The number of carbonyl (C=O) groups excluding carboxylic acids is 1. The number of aromatic nitrogens is 1. The van der Waals surface area contributed by atoms with Crippen LogP contribution in [0.25, 0.3) is 10.8 Å². The van der Waals surface area contributed by atoms with Gasteiger partial charge in [-0.25, -0.2) is 5.43 Å². The van der Waals surface area contributed by atoms with Gasteiger partial charge in [0.2, 0.25) is 0 Å². The molecule has 0 saturated carbocycles. The summed E-state index contributed by atoms with van der Waals surface area (Å²) < 4.78 is 0. The van der Waals surface area contributed by atoms with E-state index in [4.69, 9.17) is 0 Å². The third-order valence-electron chi connectivity index (χ3n) is 3.49. The van der Waals surface area contributed by atoms with Gasteiger partial charge in [0.15, 0.2) is 0 Å². The highest BCUT2D eigenvalue weighted by Gasteiger charge is 2.04. The number of fused-ring (bicyclic) bond motifs is 1. The number of nitrogens with zero attached hydrogens (tertiary/aromatic N) is 2. The molecule has 1 N–H and O–H groups in total. The van der Waals surface area contributed by atoms with Gasteiger partial charge in [-0.3, -0.25) is 9.78 Å². The van der Waals surface area contributed by atoms with Crippen molar-refractivity contribution in [2.75, 3.05) is 0 Å². The van der Waals surface area contributed by atoms with Crippen LogP contribution in [-0.2, 0) is 0 Å². The SMILES string of the molecule is Cc1ccc2ccccc2c1/C=N/NC(=O)c1ccncc1. The Kier molecular flexibility index (Phi) is 3.92. The fraction of sp³-hybridized carbons (Fsp3) is 0.0556. The number of hydrazone groups is 1. The molecule has 0 bridgehead atoms. The summed E-state index contributed by atoms with van der Waals surface area (Å²) in [6.45, 7) is 2.03. The lowest BCUT2D eigenvalue weighted by Gasteiger charge is -2.06. The summed E-state index contributed by atoms with van der Waals surface area (Å²) >= 11 is 0. The minimum absolute atomic E-state index is 0.253. The molecule has 0 fully saturated rings. The van der Waals surface area contributed by atoms with Crippen molar-refractivity contribution in [2.45, 2.75) is 6.92 Å². The maximum atomic E-state index is 11.9. The van der Waals surface area contributed by atoms with Gasteiger partial charge in [0.05, 0.1) is 6.21 Å². The largest absolute Gasteiger partial charge is 0.271 e. The summed E-state index contributed by atoms with van der Waals surface area (Å²) in [5.41, 5.74) is 5.19. The minimum Gasteiger partial charge on any atom is -0.267 e. The van der Waals surface area contributed by atoms with Gasteiger partial charge in [0, 0.05) is 23.5 Å². The summed E-state index contributed by atoms with van der Waals surface area (Å²) in [6, 6.07) is 15.5. The maximum absolute atomic E-state index is 11.9. The van der Waals surface area contributed by atoms with E-state index in [1.165, 1.54) is 0 Å². The summed E-state index contributed by atoms with van der Waals surface area (Å²) in [7, 11) is 0. The smallest absolute Gasteiger partial charge is 0.267 e. The summed E-state index contributed by atoms with van der Waals surface area (Å²) in [5.74, 6) is -0.253. The van der Waals surface area contributed by atoms with Crippen molar-refractivity contribution in [3.05, 3.63) is 77.6 Å². The zero-order valence-electron chi connectivity index (χ0n) is 12.2. The van der Waals surface area contributed by atoms with Crippen LogP contribution < -0.4 is 5.43 Å². The molecule has 108 valence electrons. The number of carbonyl (C=O) groups is 1. The number of hydrogen-bond acceptors (Lipinski definition) is 3. The van der Waals surface area contributed by atoms with E-state index in [9.17, 15) is 4.79 Å². The van der Waals surface area contributed by atoms with E-state index < -0.39 is 0 Å². The lowest BCUT2D eigenvalue weighted by molar-refractivity contribution is 0.0955. The second kappa shape index (κ2) is 6.18. The molecule has 0 spiro atoms. The Morgan fingerprint density at radius 3 is 2.68 bits per heavy atom. The fourth-order valence-electron chi connectivity index (χ4n) is 2.30. The Morgan fingerprint density at radius 2 is 1.86 bits per heavy atom. The van der Waals surface area contributed by atoms with E-state index >= 15 is 0 Å². The number of benzene rings is 2. The van der Waals surface area contributed by atoms with Crippen molar-refractivity contribution in [3.63, 3.8) is 0 Å². The van der Waals surface area contributed by atoms with Crippen LogP contribution in [0.4, 0.5) is 0 Å². The minimum atomic E-state index is -0.253. The summed E-state index contributed by atoms with van der Waals surface area (Å²) in [6.07, 6.45) is 4.84. The number of rotatable bonds is 3. The molecule has 22 heavy (non-hydrogen) atoms. The Balaban J connectivity index is 1.84. The second-order valence-corrected chi connectivity index (χ2v) is 4.95. The molecule has 0 aliphatic heterocycles. The average Bonchev–Trinajstić information content (AvgIpc) is 2.57. The lowest BCUT2D eigenvalue weighted by atomic mass is 10.0. The molecule has 0 unspecified atom stereocenters. The molecule has 0 saturated heterocycles. The standard InChI is InChI=1S/C18H15N3O/c1-13-6-7-14-4-2-3-5-16(14)17(13)12-20-21-18(22)15-8-10-19-11-9-15/h2-12H,1H3,(H,21,22)/b20-12+. The van der Waals surface area contributed by atoms with Gasteiger partial charge in [-0.2, -0.15) is 5.10 Å². The number of aryl methyl sites for hydroxylation is 1. The van der Waals surface area contributed by atoms with Crippen molar-refractivity contribution in [2.24, 2.45) is 5.10 Å². The van der Waals surface area contributed by atoms with E-state index in [1.807, 2.05) is 31.2 Å². The molecule has 1 heterocycles. The normalized spacial score (nSPS) is 11.0. The highest BCUT2D eigenvalue weighted by Crippen LogP contribution is 2.20. The van der Waals surface area contributed by atoms with Gasteiger partial charge in [0.25, 0.3) is 5.91 Å². The molecule has 4 heteroatoms. The van der Waals surface area contributed by atoms with Gasteiger partial charge >= 0.3 is 0 Å². The molecule has 2 aromatic carbocycles. The number of nitrogens with one attached hydrogen (secondary N) is 1. The van der Waals surface area contributed by atoms with Crippen LogP contribution in [-0.4, -0.2) is 17.1 Å². The van der Waals surface area contributed by atoms with E-state index in [-0.39, 0.29) is 5.91 Å². The highest BCUT2D eigenvalue weighted by molar-refractivity contribution is 6.02. The maximum Gasteiger partial charge on any atom is 0.271 e. The number of pyridine rings is 1. The van der Waals surface area contributed by atoms with Crippen LogP contribution in [0.2, 0.25) is 0 Å². The molecule has 0 aliphatic carbocycles. The van der Waals surface area contributed by atoms with Crippen LogP contribution in [0.1, 0.15) is 21.5 Å². The molecule has 0 radical (unpaired) electrons. The molecule has 3 rings (SSSR count). The Labute approximate surface area is 128 Å². The highest BCUT2D eigenvalue weighted by atomic mass is 16.2. The molecule has 1 aromatic heterocycles. The lowest BCUT2D eigenvalue weighted by Crippen LogP contribution is -2.17. The van der Waals surface area contributed by atoms with Crippen molar-refractivity contribution in [1.82, 2.24) is 10.4 Å². The quantitative estimate of drug-likeness (QED) is 0.594.